The Bertz CT molecular complexity index is 867. The van der Waals surface area contributed by atoms with Gasteiger partial charge in [0.15, 0.2) is 0 Å². The Hall–Kier alpha value is -2.13. The van der Waals surface area contributed by atoms with E-state index in [1.54, 1.807) is 0 Å². The van der Waals surface area contributed by atoms with Gasteiger partial charge in [-0.15, -0.1) is 0 Å². The molecule has 0 aliphatic heterocycles. The van der Waals surface area contributed by atoms with Gasteiger partial charge in [-0.3, -0.25) is 9.59 Å². The minimum absolute atomic E-state index is 0.0761. The first-order valence-corrected chi connectivity index (χ1v) is 11.6. The van der Waals surface area contributed by atoms with Crippen LogP contribution in [0.3, 0.4) is 0 Å². The second-order valence-corrected chi connectivity index (χ2v) is 9.56. The highest BCUT2D eigenvalue weighted by Crippen LogP contribution is 2.29. The van der Waals surface area contributed by atoms with Gasteiger partial charge in [-0.25, -0.2) is 13.1 Å². The predicted octanol–water partition coefficient (Wildman–Crippen LogP) is 1.56. The zero-order valence-corrected chi connectivity index (χ0v) is 17.7. The van der Waals surface area contributed by atoms with Gasteiger partial charge >= 0.3 is 0 Å². The molecule has 2 aliphatic rings. The quantitative estimate of drug-likeness (QED) is 0.587. The summed E-state index contributed by atoms with van der Waals surface area (Å²) in [6, 6.07) is 4.31. The molecule has 0 spiro atoms. The molecule has 29 heavy (non-hydrogen) atoms. The number of ether oxygens (including phenoxy) is 1. The Morgan fingerprint density at radius 2 is 1.86 bits per heavy atom. The average Bonchev–Trinajstić information content (AvgIpc) is 3.51. The van der Waals surface area contributed by atoms with Crippen LogP contribution >= 0.6 is 0 Å². The number of carbonyl (C=O) groups excluding carboxylic acids is 2. The average molecular weight is 424 g/mol. The molecular formula is C20H29N3O5S. The third kappa shape index (κ3) is 5.70. The highest BCUT2D eigenvalue weighted by atomic mass is 32.2. The maximum atomic E-state index is 13.0. The van der Waals surface area contributed by atoms with Crippen LogP contribution in [0, 0.1) is 5.92 Å². The molecule has 8 nitrogen and oxygen atoms in total. The monoisotopic (exact) mass is 423 g/mol. The van der Waals surface area contributed by atoms with E-state index in [0.717, 1.165) is 38.5 Å². The van der Waals surface area contributed by atoms with Crippen molar-refractivity contribution in [2.24, 2.45) is 5.92 Å². The van der Waals surface area contributed by atoms with Gasteiger partial charge in [0.05, 0.1) is 13.7 Å². The van der Waals surface area contributed by atoms with E-state index in [1.807, 2.05) is 6.92 Å². The topological polar surface area (TPSA) is 114 Å². The highest BCUT2D eigenvalue weighted by molar-refractivity contribution is 7.89. The fraction of sp³-hybridized carbons (Fsp3) is 0.600. The highest BCUT2D eigenvalue weighted by Gasteiger charge is 2.29. The molecule has 1 aromatic rings. The lowest BCUT2D eigenvalue weighted by Gasteiger charge is -2.29. The molecule has 2 unspecified atom stereocenters. The van der Waals surface area contributed by atoms with Crippen molar-refractivity contribution in [3.05, 3.63) is 23.8 Å². The molecular weight excluding hydrogens is 394 g/mol. The zero-order valence-electron chi connectivity index (χ0n) is 16.9. The molecule has 0 heterocycles. The number of rotatable bonds is 8. The van der Waals surface area contributed by atoms with Crippen molar-refractivity contribution in [2.45, 2.75) is 62.4 Å². The molecule has 0 aromatic heterocycles. The van der Waals surface area contributed by atoms with Crippen LogP contribution in [0.25, 0.3) is 0 Å². The van der Waals surface area contributed by atoms with E-state index in [4.69, 9.17) is 4.74 Å². The van der Waals surface area contributed by atoms with Crippen LogP contribution in [0.1, 0.15) is 55.8 Å². The summed E-state index contributed by atoms with van der Waals surface area (Å²) >= 11 is 0. The summed E-state index contributed by atoms with van der Waals surface area (Å²) in [5.74, 6) is -0.346. The molecule has 0 saturated heterocycles. The maximum Gasteiger partial charge on any atom is 0.251 e. The van der Waals surface area contributed by atoms with Crippen LogP contribution in [0.5, 0.6) is 5.75 Å². The van der Waals surface area contributed by atoms with Gasteiger partial charge in [-0.05, 0) is 49.8 Å². The molecule has 0 bridgehead atoms. The van der Waals surface area contributed by atoms with Crippen LogP contribution in [0.2, 0.25) is 0 Å². The largest absolute Gasteiger partial charge is 0.495 e. The van der Waals surface area contributed by atoms with Crippen molar-refractivity contribution in [1.29, 1.82) is 0 Å². The van der Waals surface area contributed by atoms with E-state index in [1.165, 1.54) is 25.3 Å². The summed E-state index contributed by atoms with van der Waals surface area (Å²) in [7, 11) is -2.48. The first-order chi connectivity index (χ1) is 13.8. The molecule has 1 aromatic carbocycles. The van der Waals surface area contributed by atoms with E-state index < -0.39 is 15.9 Å². The molecule has 2 atom stereocenters. The molecule has 2 fully saturated rings. The molecule has 0 radical (unpaired) electrons. The summed E-state index contributed by atoms with van der Waals surface area (Å²) in [5.41, 5.74) is 0.155. The fourth-order valence-corrected chi connectivity index (χ4v) is 5.13. The molecule has 2 saturated carbocycles. The van der Waals surface area contributed by atoms with E-state index in [0.29, 0.717) is 0 Å². The lowest BCUT2D eigenvalue weighted by Crippen LogP contribution is -2.41. The van der Waals surface area contributed by atoms with Crippen molar-refractivity contribution >= 4 is 21.8 Å². The number of nitrogens with one attached hydrogen (secondary N) is 3. The fourth-order valence-electron chi connectivity index (χ4n) is 3.55. The Morgan fingerprint density at radius 3 is 2.52 bits per heavy atom. The van der Waals surface area contributed by atoms with Gasteiger partial charge in [0, 0.05) is 17.6 Å². The Balaban J connectivity index is 1.73. The van der Waals surface area contributed by atoms with Crippen molar-refractivity contribution in [3.8, 4) is 5.75 Å². The normalized spacial score (nSPS) is 22.0. The summed E-state index contributed by atoms with van der Waals surface area (Å²) in [6.07, 6.45) is 5.79. The Labute approximate surface area is 171 Å². The van der Waals surface area contributed by atoms with E-state index in [9.17, 15) is 18.0 Å². The lowest BCUT2D eigenvalue weighted by molar-refractivity contribution is -0.120. The van der Waals surface area contributed by atoms with Crippen molar-refractivity contribution < 1.29 is 22.7 Å². The van der Waals surface area contributed by atoms with Crippen LogP contribution in [-0.2, 0) is 14.8 Å². The lowest BCUT2D eigenvalue weighted by atomic mass is 9.87. The molecule has 160 valence electrons. The standard InChI is InChI=1S/C20H29N3O5S/c1-13-5-3-4-6-16(13)23-29(26,27)18-11-14(7-10-17(18)28-2)20(25)21-12-19(24)22-15-8-9-15/h7,10-11,13,15-16,23H,3-6,8-9,12H2,1-2H3,(H,21,25)(H,22,24). The van der Waals surface area contributed by atoms with Crippen LogP contribution in [-0.4, -0.2) is 46.0 Å². The predicted molar refractivity (Wildman–Crippen MR) is 108 cm³/mol. The van der Waals surface area contributed by atoms with Crippen LogP contribution in [0.15, 0.2) is 23.1 Å². The second-order valence-electron chi connectivity index (χ2n) is 7.88. The smallest absolute Gasteiger partial charge is 0.251 e. The summed E-state index contributed by atoms with van der Waals surface area (Å²) in [6.45, 7) is 1.89. The number of hydrogen-bond donors (Lipinski definition) is 3. The number of methoxy groups -OCH3 is 1. The second kappa shape index (κ2) is 9.13. The van der Waals surface area contributed by atoms with Gasteiger partial charge < -0.3 is 15.4 Å². The van der Waals surface area contributed by atoms with Crippen molar-refractivity contribution in [1.82, 2.24) is 15.4 Å². The number of benzene rings is 1. The molecule has 9 heteroatoms. The number of carbonyl (C=O) groups is 2. The van der Waals surface area contributed by atoms with Gasteiger partial charge in [0.2, 0.25) is 15.9 Å². The van der Waals surface area contributed by atoms with Crippen LogP contribution < -0.4 is 20.1 Å². The zero-order chi connectivity index (χ0) is 21.0. The molecule has 2 amide bonds. The summed E-state index contributed by atoms with van der Waals surface area (Å²) in [5, 5.41) is 5.31. The minimum Gasteiger partial charge on any atom is -0.495 e. The third-order valence-electron chi connectivity index (χ3n) is 5.49. The third-order valence-corrected chi connectivity index (χ3v) is 7.00. The van der Waals surface area contributed by atoms with Gasteiger partial charge in [-0.1, -0.05) is 19.8 Å². The first-order valence-electron chi connectivity index (χ1n) is 10.1. The van der Waals surface area contributed by atoms with E-state index in [2.05, 4.69) is 15.4 Å². The van der Waals surface area contributed by atoms with E-state index in [-0.39, 0.29) is 46.7 Å². The van der Waals surface area contributed by atoms with Crippen molar-refractivity contribution in [3.63, 3.8) is 0 Å². The van der Waals surface area contributed by atoms with E-state index >= 15 is 0 Å². The maximum absolute atomic E-state index is 13.0. The van der Waals surface area contributed by atoms with Gasteiger partial charge in [0.25, 0.3) is 5.91 Å². The number of amides is 2. The molecule has 2 aliphatic carbocycles. The Morgan fingerprint density at radius 1 is 1.14 bits per heavy atom. The Kier molecular flexibility index (Phi) is 6.79. The molecule has 3 rings (SSSR count). The van der Waals surface area contributed by atoms with Crippen LogP contribution in [0.4, 0.5) is 0 Å². The van der Waals surface area contributed by atoms with Gasteiger partial charge in [0.1, 0.15) is 10.6 Å². The SMILES string of the molecule is COc1ccc(C(=O)NCC(=O)NC2CC2)cc1S(=O)(=O)NC1CCCCC1C. The summed E-state index contributed by atoms with van der Waals surface area (Å²) in [4.78, 5) is 24.1. The number of sulfonamides is 1. The minimum atomic E-state index is -3.86. The van der Waals surface area contributed by atoms with Crippen molar-refractivity contribution in [2.75, 3.05) is 13.7 Å². The molecule has 3 N–H and O–H groups in total. The number of hydrogen-bond acceptors (Lipinski definition) is 5. The van der Waals surface area contributed by atoms with Gasteiger partial charge in [-0.2, -0.15) is 0 Å². The first kappa shape index (κ1) is 21.6. The summed E-state index contributed by atoms with van der Waals surface area (Å²) < 4.78 is 34.0.